The SMILES string of the molecule is CCCOCc1cccc(N)c1Br. The zero-order valence-corrected chi connectivity index (χ0v) is 9.30. The Hall–Kier alpha value is -0.540. The Kier molecular flexibility index (Phi) is 4.25. The van der Waals surface area contributed by atoms with Crippen molar-refractivity contribution >= 4 is 21.6 Å². The zero-order chi connectivity index (χ0) is 9.68. The van der Waals surface area contributed by atoms with Gasteiger partial charge in [0.15, 0.2) is 0 Å². The van der Waals surface area contributed by atoms with Crippen LogP contribution in [0.5, 0.6) is 0 Å². The number of nitrogen functional groups attached to an aromatic ring is 1. The number of hydrogen-bond acceptors (Lipinski definition) is 2. The van der Waals surface area contributed by atoms with E-state index in [0.29, 0.717) is 6.61 Å². The van der Waals surface area contributed by atoms with Crippen LogP contribution in [0.2, 0.25) is 0 Å². The van der Waals surface area contributed by atoms with Gasteiger partial charge in [0.1, 0.15) is 0 Å². The van der Waals surface area contributed by atoms with E-state index in [4.69, 9.17) is 10.5 Å². The van der Waals surface area contributed by atoms with Gasteiger partial charge >= 0.3 is 0 Å². The third-order valence-electron chi connectivity index (χ3n) is 1.71. The van der Waals surface area contributed by atoms with Crippen LogP contribution in [0.3, 0.4) is 0 Å². The molecule has 2 N–H and O–H groups in total. The Morgan fingerprint density at radius 3 is 2.92 bits per heavy atom. The summed E-state index contributed by atoms with van der Waals surface area (Å²) in [5.41, 5.74) is 7.59. The molecule has 72 valence electrons. The van der Waals surface area contributed by atoms with Crippen LogP contribution in [-0.4, -0.2) is 6.61 Å². The highest BCUT2D eigenvalue weighted by atomic mass is 79.9. The van der Waals surface area contributed by atoms with E-state index in [9.17, 15) is 0 Å². The number of nitrogens with two attached hydrogens (primary N) is 1. The molecule has 0 aliphatic carbocycles. The van der Waals surface area contributed by atoms with Gasteiger partial charge in [-0.2, -0.15) is 0 Å². The molecule has 0 unspecified atom stereocenters. The number of rotatable bonds is 4. The fourth-order valence-corrected chi connectivity index (χ4v) is 1.42. The lowest BCUT2D eigenvalue weighted by Crippen LogP contribution is -1.97. The molecule has 0 aliphatic heterocycles. The highest BCUT2D eigenvalue weighted by molar-refractivity contribution is 9.10. The number of ether oxygens (including phenoxy) is 1. The molecule has 0 fully saturated rings. The monoisotopic (exact) mass is 243 g/mol. The van der Waals surface area contributed by atoms with E-state index in [1.54, 1.807) is 0 Å². The molecule has 0 atom stereocenters. The van der Waals surface area contributed by atoms with Crippen LogP contribution in [0.15, 0.2) is 22.7 Å². The predicted molar refractivity (Wildman–Crippen MR) is 58.5 cm³/mol. The second kappa shape index (κ2) is 5.25. The Morgan fingerprint density at radius 1 is 1.46 bits per heavy atom. The normalized spacial score (nSPS) is 10.3. The van der Waals surface area contributed by atoms with Crippen molar-refractivity contribution in [1.82, 2.24) is 0 Å². The van der Waals surface area contributed by atoms with Crippen LogP contribution in [0, 0.1) is 0 Å². The average Bonchev–Trinajstić information content (AvgIpc) is 2.13. The van der Waals surface area contributed by atoms with E-state index < -0.39 is 0 Å². The van der Waals surface area contributed by atoms with Crippen molar-refractivity contribution < 1.29 is 4.74 Å². The molecule has 0 saturated carbocycles. The average molecular weight is 244 g/mol. The fraction of sp³-hybridized carbons (Fsp3) is 0.400. The van der Waals surface area contributed by atoms with Crippen LogP contribution < -0.4 is 5.73 Å². The first-order valence-corrected chi connectivity index (χ1v) is 5.15. The Morgan fingerprint density at radius 2 is 2.23 bits per heavy atom. The topological polar surface area (TPSA) is 35.2 Å². The van der Waals surface area contributed by atoms with Gasteiger partial charge in [0.25, 0.3) is 0 Å². The van der Waals surface area contributed by atoms with Crippen molar-refractivity contribution in [2.24, 2.45) is 0 Å². The van der Waals surface area contributed by atoms with E-state index in [1.807, 2.05) is 18.2 Å². The first-order valence-electron chi connectivity index (χ1n) is 4.36. The van der Waals surface area contributed by atoms with Gasteiger partial charge in [-0.1, -0.05) is 19.1 Å². The van der Waals surface area contributed by atoms with Gasteiger partial charge in [-0.05, 0) is 34.0 Å². The van der Waals surface area contributed by atoms with Crippen LogP contribution in [0.4, 0.5) is 5.69 Å². The molecule has 0 aliphatic rings. The Labute approximate surface area is 87.2 Å². The van der Waals surface area contributed by atoms with Crippen LogP contribution >= 0.6 is 15.9 Å². The molecular formula is C10H14BrNO. The summed E-state index contributed by atoms with van der Waals surface area (Å²) in [7, 11) is 0. The minimum atomic E-state index is 0.624. The van der Waals surface area contributed by atoms with Gasteiger partial charge in [-0.25, -0.2) is 0 Å². The molecule has 1 aromatic rings. The molecule has 1 rings (SSSR count). The van der Waals surface area contributed by atoms with Gasteiger partial charge in [0.2, 0.25) is 0 Å². The van der Waals surface area contributed by atoms with Crippen molar-refractivity contribution in [3.05, 3.63) is 28.2 Å². The Balaban J connectivity index is 2.61. The second-order valence-electron chi connectivity index (χ2n) is 2.87. The molecule has 0 spiro atoms. The van der Waals surface area contributed by atoms with E-state index in [2.05, 4.69) is 22.9 Å². The smallest absolute Gasteiger partial charge is 0.0728 e. The minimum absolute atomic E-state index is 0.624. The van der Waals surface area contributed by atoms with Gasteiger partial charge in [-0.15, -0.1) is 0 Å². The van der Waals surface area contributed by atoms with E-state index in [0.717, 1.165) is 28.8 Å². The molecule has 0 bridgehead atoms. The summed E-state index contributed by atoms with van der Waals surface area (Å²) in [4.78, 5) is 0. The quantitative estimate of drug-likeness (QED) is 0.652. The molecular weight excluding hydrogens is 230 g/mol. The highest BCUT2D eigenvalue weighted by Crippen LogP contribution is 2.24. The maximum Gasteiger partial charge on any atom is 0.0728 e. The van der Waals surface area contributed by atoms with E-state index in [1.165, 1.54) is 0 Å². The van der Waals surface area contributed by atoms with Gasteiger partial charge in [-0.3, -0.25) is 0 Å². The molecule has 1 aromatic carbocycles. The zero-order valence-electron chi connectivity index (χ0n) is 7.72. The van der Waals surface area contributed by atoms with Gasteiger partial charge in [0.05, 0.1) is 6.61 Å². The molecule has 2 nitrogen and oxygen atoms in total. The van der Waals surface area contributed by atoms with Crippen molar-refractivity contribution in [2.45, 2.75) is 20.0 Å². The largest absolute Gasteiger partial charge is 0.398 e. The first kappa shape index (κ1) is 10.5. The van der Waals surface area contributed by atoms with Crippen molar-refractivity contribution in [3.63, 3.8) is 0 Å². The van der Waals surface area contributed by atoms with Crippen molar-refractivity contribution in [3.8, 4) is 0 Å². The summed E-state index contributed by atoms with van der Waals surface area (Å²) in [5, 5.41) is 0. The molecule has 0 amide bonds. The lowest BCUT2D eigenvalue weighted by molar-refractivity contribution is 0.121. The third-order valence-corrected chi connectivity index (χ3v) is 2.68. The summed E-state index contributed by atoms with van der Waals surface area (Å²) >= 11 is 3.43. The van der Waals surface area contributed by atoms with Crippen LogP contribution in [0.1, 0.15) is 18.9 Å². The maximum atomic E-state index is 5.72. The highest BCUT2D eigenvalue weighted by Gasteiger charge is 2.01. The summed E-state index contributed by atoms with van der Waals surface area (Å²) in [6, 6.07) is 5.81. The lowest BCUT2D eigenvalue weighted by atomic mass is 10.2. The number of benzene rings is 1. The molecule has 0 radical (unpaired) electrons. The second-order valence-corrected chi connectivity index (χ2v) is 3.67. The van der Waals surface area contributed by atoms with E-state index >= 15 is 0 Å². The predicted octanol–water partition coefficient (Wildman–Crippen LogP) is 2.96. The Bertz CT molecular complexity index is 276. The van der Waals surface area contributed by atoms with Crippen LogP contribution in [0.25, 0.3) is 0 Å². The molecule has 0 saturated heterocycles. The summed E-state index contributed by atoms with van der Waals surface area (Å²) in [5.74, 6) is 0. The molecule has 0 heterocycles. The molecule has 0 aromatic heterocycles. The summed E-state index contributed by atoms with van der Waals surface area (Å²) in [6.07, 6.45) is 1.04. The number of anilines is 1. The number of hydrogen-bond donors (Lipinski definition) is 1. The van der Waals surface area contributed by atoms with Gasteiger partial charge < -0.3 is 10.5 Å². The third kappa shape index (κ3) is 3.01. The standard InChI is InChI=1S/C10H14BrNO/c1-2-6-13-7-8-4-3-5-9(12)10(8)11/h3-5H,2,6-7,12H2,1H3. The van der Waals surface area contributed by atoms with Crippen molar-refractivity contribution in [2.75, 3.05) is 12.3 Å². The lowest BCUT2D eigenvalue weighted by Gasteiger charge is -2.06. The number of halogens is 1. The first-order chi connectivity index (χ1) is 6.25. The summed E-state index contributed by atoms with van der Waals surface area (Å²) in [6.45, 7) is 3.51. The molecule has 13 heavy (non-hydrogen) atoms. The van der Waals surface area contributed by atoms with Crippen molar-refractivity contribution in [1.29, 1.82) is 0 Å². The maximum absolute atomic E-state index is 5.72. The fourth-order valence-electron chi connectivity index (χ4n) is 1.04. The van der Waals surface area contributed by atoms with E-state index in [-0.39, 0.29) is 0 Å². The van der Waals surface area contributed by atoms with Gasteiger partial charge in [0, 0.05) is 16.8 Å². The summed E-state index contributed by atoms with van der Waals surface area (Å²) < 4.78 is 6.37. The minimum Gasteiger partial charge on any atom is -0.398 e. The van der Waals surface area contributed by atoms with Crippen LogP contribution in [-0.2, 0) is 11.3 Å². The molecule has 3 heteroatoms.